The van der Waals surface area contributed by atoms with Gasteiger partial charge in [-0.15, -0.1) is 0 Å². The van der Waals surface area contributed by atoms with E-state index in [1.165, 1.54) is 13.8 Å². The molecule has 1 aromatic carbocycles. The predicted molar refractivity (Wildman–Crippen MR) is 86.1 cm³/mol. The maximum Gasteiger partial charge on any atom is 0.315 e. The average molecular weight is 342 g/mol. The minimum Gasteiger partial charge on any atom is -0.481 e. The van der Waals surface area contributed by atoms with E-state index < -0.39 is 23.3 Å². The maximum atomic E-state index is 11.6. The van der Waals surface area contributed by atoms with Crippen molar-refractivity contribution in [3.63, 3.8) is 0 Å². The highest BCUT2D eigenvalue weighted by Gasteiger charge is 2.27. The largest absolute Gasteiger partial charge is 0.481 e. The van der Waals surface area contributed by atoms with Crippen LogP contribution in [0.25, 0.3) is 0 Å². The number of nitrogens with one attached hydrogen (secondary N) is 3. The first-order chi connectivity index (χ1) is 10.7. The molecule has 23 heavy (non-hydrogen) atoms. The molecule has 0 radical (unpaired) electrons. The number of hydrogen-bond acceptors (Lipinski definition) is 3. The molecule has 126 valence electrons. The Kier molecular flexibility index (Phi) is 6.84. The SMILES string of the molecule is CC(C)(CNC(=O)CNC(=O)NCc1ccc(Cl)cc1)C(=O)O. The number of rotatable bonds is 7. The van der Waals surface area contributed by atoms with Crippen molar-refractivity contribution in [2.24, 2.45) is 5.41 Å². The minimum absolute atomic E-state index is 0.0186. The lowest BCUT2D eigenvalue weighted by Gasteiger charge is -2.19. The molecule has 8 heteroatoms. The fraction of sp³-hybridized carbons (Fsp3) is 0.400. The van der Waals surface area contributed by atoms with Crippen LogP contribution in [0.1, 0.15) is 19.4 Å². The van der Waals surface area contributed by atoms with Gasteiger partial charge in [-0.25, -0.2) is 4.79 Å². The van der Waals surface area contributed by atoms with Crippen LogP contribution >= 0.6 is 11.6 Å². The number of urea groups is 1. The Morgan fingerprint density at radius 2 is 1.70 bits per heavy atom. The summed E-state index contributed by atoms with van der Waals surface area (Å²) in [6, 6.07) is 6.50. The summed E-state index contributed by atoms with van der Waals surface area (Å²) in [6.45, 7) is 3.05. The molecule has 4 N–H and O–H groups in total. The van der Waals surface area contributed by atoms with Crippen molar-refractivity contribution < 1.29 is 19.5 Å². The second-order valence-electron chi connectivity index (χ2n) is 5.63. The van der Waals surface area contributed by atoms with Gasteiger partial charge in [0.2, 0.25) is 5.91 Å². The number of halogens is 1. The number of hydrogen-bond donors (Lipinski definition) is 4. The van der Waals surface area contributed by atoms with Gasteiger partial charge in [-0.05, 0) is 31.5 Å². The van der Waals surface area contributed by atoms with Gasteiger partial charge < -0.3 is 21.1 Å². The van der Waals surface area contributed by atoms with E-state index in [1.54, 1.807) is 24.3 Å². The monoisotopic (exact) mass is 341 g/mol. The molecule has 0 fully saturated rings. The molecule has 0 unspecified atom stereocenters. The molecule has 0 saturated heterocycles. The molecule has 0 bridgehead atoms. The summed E-state index contributed by atoms with van der Waals surface area (Å²) in [7, 11) is 0. The molecule has 7 nitrogen and oxygen atoms in total. The smallest absolute Gasteiger partial charge is 0.315 e. The van der Waals surface area contributed by atoms with Crippen molar-refractivity contribution in [1.29, 1.82) is 0 Å². The lowest BCUT2D eigenvalue weighted by molar-refractivity contribution is -0.146. The molecule has 0 aliphatic rings. The second-order valence-corrected chi connectivity index (χ2v) is 6.06. The summed E-state index contributed by atoms with van der Waals surface area (Å²) in [4.78, 5) is 34.0. The predicted octanol–water partition coefficient (Wildman–Crippen LogP) is 1.37. The van der Waals surface area contributed by atoms with Gasteiger partial charge in [0.25, 0.3) is 0 Å². The van der Waals surface area contributed by atoms with E-state index in [1.807, 2.05) is 0 Å². The van der Waals surface area contributed by atoms with E-state index in [0.717, 1.165) is 5.56 Å². The number of carboxylic acid groups (broad SMARTS) is 1. The zero-order chi connectivity index (χ0) is 17.5. The Bertz CT molecular complexity index is 573. The molecule has 0 atom stereocenters. The Balaban J connectivity index is 2.26. The molecule has 0 spiro atoms. The summed E-state index contributed by atoms with van der Waals surface area (Å²) in [5, 5.41) is 17.0. The molecule has 0 aliphatic heterocycles. The topological polar surface area (TPSA) is 108 Å². The third-order valence-electron chi connectivity index (χ3n) is 3.08. The molecule has 1 aromatic rings. The Labute approximate surface area is 139 Å². The molecule has 0 aromatic heterocycles. The van der Waals surface area contributed by atoms with E-state index in [2.05, 4.69) is 16.0 Å². The van der Waals surface area contributed by atoms with Gasteiger partial charge in [-0.3, -0.25) is 9.59 Å². The van der Waals surface area contributed by atoms with Crippen LogP contribution in [-0.2, 0) is 16.1 Å². The number of aliphatic carboxylic acids is 1. The van der Waals surface area contributed by atoms with Crippen molar-refractivity contribution in [2.45, 2.75) is 20.4 Å². The average Bonchev–Trinajstić information content (AvgIpc) is 2.50. The number of carbonyl (C=O) groups excluding carboxylic acids is 2. The summed E-state index contributed by atoms with van der Waals surface area (Å²) in [6.07, 6.45) is 0. The van der Waals surface area contributed by atoms with Crippen LogP contribution < -0.4 is 16.0 Å². The van der Waals surface area contributed by atoms with Crippen molar-refractivity contribution in [2.75, 3.05) is 13.1 Å². The van der Waals surface area contributed by atoms with Crippen molar-refractivity contribution in [1.82, 2.24) is 16.0 Å². The molecule has 1 rings (SSSR count). The molecule has 0 heterocycles. The summed E-state index contributed by atoms with van der Waals surface area (Å²) >= 11 is 5.76. The lowest BCUT2D eigenvalue weighted by atomic mass is 9.94. The van der Waals surface area contributed by atoms with Gasteiger partial charge in [0.05, 0.1) is 12.0 Å². The summed E-state index contributed by atoms with van der Waals surface area (Å²) < 4.78 is 0. The third-order valence-corrected chi connectivity index (χ3v) is 3.33. The molecular formula is C15H20ClN3O4. The third kappa shape index (κ3) is 7.01. The Morgan fingerprint density at radius 1 is 1.09 bits per heavy atom. The van der Waals surface area contributed by atoms with Crippen LogP contribution in [0.3, 0.4) is 0 Å². The van der Waals surface area contributed by atoms with Crippen LogP contribution in [0.2, 0.25) is 5.02 Å². The normalized spacial score (nSPS) is 10.7. The highest BCUT2D eigenvalue weighted by Crippen LogP contribution is 2.12. The zero-order valence-electron chi connectivity index (χ0n) is 13.0. The lowest BCUT2D eigenvalue weighted by Crippen LogP contribution is -2.45. The first-order valence-corrected chi connectivity index (χ1v) is 7.35. The van der Waals surface area contributed by atoms with Crippen molar-refractivity contribution in [3.05, 3.63) is 34.9 Å². The Hall–Kier alpha value is -2.28. The van der Waals surface area contributed by atoms with E-state index in [9.17, 15) is 14.4 Å². The number of benzene rings is 1. The zero-order valence-corrected chi connectivity index (χ0v) is 13.7. The quantitative estimate of drug-likeness (QED) is 0.600. The fourth-order valence-electron chi connectivity index (χ4n) is 1.47. The number of carboxylic acids is 1. The first-order valence-electron chi connectivity index (χ1n) is 6.97. The van der Waals surface area contributed by atoms with Gasteiger partial charge in [0.15, 0.2) is 0 Å². The van der Waals surface area contributed by atoms with Gasteiger partial charge in [0, 0.05) is 18.1 Å². The van der Waals surface area contributed by atoms with Gasteiger partial charge in [-0.2, -0.15) is 0 Å². The molecule has 0 aliphatic carbocycles. The van der Waals surface area contributed by atoms with Crippen LogP contribution in [0, 0.1) is 5.41 Å². The molecule has 3 amide bonds. The van der Waals surface area contributed by atoms with Crippen LogP contribution in [0.15, 0.2) is 24.3 Å². The van der Waals surface area contributed by atoms with Crippen LogP contribution in [-0.4, -0.2) is 36.1 Å². The van der Waals surface area contributed by atoms with E-state index in [-0.39, 0.29) is 13.1 Å². The summed E-state index contributed by atoms with van der Waals surface area (Å²) in [5.74, 6) is -1.47. The van der Waals surface area contributed by atoms with Crippen LogP contribution in [0.4, 0.5) is 4.79 Å². The Morgan fingerprint density at radius 3 is 2.26 bits per heavy atom. The molecule has 0 saturated carbocycles. The van der Waals surface area contributed by atoms with E-state index >= 15 is 0 Å². The van der Waals surface area contributed by atoms with Gasteiger partial charge in [0.1, 0.15) is 0 Å². The highest BCUT2D eigenvalue weighted by molar-refractivity contribution is 6.30. The van der Waals surface area contributed by atoms with Crippen molar-refractivity contribution >= 4 is 29.5 Å². The summed E-state index contributed by atoms with van der Waals surface area (Å²) in [5.41, 5.74) is -0.191. The first kappa shape index (κ1) is 18.8. The minimum atomic E-state index is -1.06. The van der Waals surface area contributed by atoms with Crippen molar-refractivity contribution in [3.8, 4) is 0 Å². The highest BCUT2D eigenvalue weighted by atomic mass is 35.5. The van der Waals surface area contributed by atoms with E-state index in [4.69, 9.17) is 16.7 Å². The number of carbonyl (C=O) groups is 3. The maximum absolute atomic E-state index is 11.6. The molecular weight excluding hydrogens is 322 g/mol. The van der Waals surface area contributed by atoms with Gasteiger partial charge in [-0.1, -0.05) is 23.7 Å². The standard InChI is InChI=1S/C15H20ClN3O4/c1-15(2,13(21)22)9-19-12(20)8-18-14(23)17-7-10-3-5-11(16)6-4-10/h3-6H,7-9H2,1-2H3,(H,19,20)(H,21,22)(H2,17,18,23). The number of amides is 3. The van der Waals surface area contributed by atoms with Gasteiger partial charge >= 0.3 is 12.0 Å². The fourth-order valence-corrected chi connectivity index (χ4v) is 1.59. The van der Waals surface area contributed by atoms with Crippen LogP contribution in [0.5, 0.6) is 0 Å². The van der Waals surface area contributed by atoms with E-state index in [0.29, 0.717) is 11.6 Å². The second kappa shape index (κ2) is 8.38.